The van der Waals surface area contributed by atoms with Gasteiger partial charge < -0.3 is 4.74 Å². The Kier molecular flexibility index (Phi) is 3.46. The number of carbonyl (C=O) groups is 2. The average Bonchev–Trinajstić information content (AvgIpc) is 2.16. The Hall–Kier alpha value is -0.860. The summed E-state index contributed by atoms with van der Waals surface area (Å²) in [5, 5.41) is 0. The van der Waals surface area contributed by atoms with Gasteiger partial charge in [0.15, 0.2) is 0 Å². The molecule has 2 atom stereocenters. The van der Waals surface area contributed by atoms with Crippen LogP contribution in [0.4, 0.5) is 0 Å². The van der Waals surface area contributed by atoms with Crippen LogP contribution in [0.25, 0.3) is 0 Å². The van der Waals surface area contributed by atoms with Crippen molar-refractivity contribution in [2.45, 2.75) is 32.6 Å². The number of ketones is 1. The van der Waals surface area contributed by atoms with Gasteiger partial charge in [-0.05, 0) is 18.8 Å². The summed E-state index contributed by atoms with van der Waals surface area (Å²) in [6, 6.07) is 0. The van der Waals surface area contributed by atoms with Crippen molar-refractivity contribution < 1.29 is 14.3 Å². The molecule has 13 heavy (non-hydrogen) atoms. The van der Waals surface area contributed by atoms with Crippen molar-refractivity contribution in [2.24, 2.45) is 11.8 Å². The second-order valence-electron chi connectivity index (χ2n) is 3.60. The fraction of sp³-hybridized carbons (Fsp3) is 0.800. The van der Waals surface area contributed by atoms with Crippen LogP contribution in [0.1, 0.15) is 32.6 Å². The van der Waals surface area contributed by atoms with Crippen LogP contribution in [0.5, 0.6) is 0 Å². The van der Waals surface area contributed by atoms with Gasteiger partial charge >= 0.3 is 5.97 Å². The third-order valence-corrected chi connectivity index (χ3v) is 2.81. The van der Waals surface area contributed by atoms with Gasteiger partial charge in [0.25, 0.3) is 0 Å². The Morgan fingerprint density at radius 3 is 2.69 bits per heavy atom. The lowest BCUT2D eigenvalue weighted by atomic mass is 9.80. The largest absolute Gasteiger partial charge is 0.468 e. The van der Waals surface area contributed by atoms with Crippen LogP contribution in [0.3, 0.4) is 0 Å². The van der Waals surface area contributed by atoms with Crippen molar-refractivity contribution in [3.63, 3.8) is 0 Å². The van der Waals surface area contributed by atoms with E-state index in [4.69, 9.17) is 0 Å². The molecule has 0 aromatic heterocycles. The summed E-state index contributed by atoms with van der Waals surface area (Å²) in [5.41, 5.74) is 0. The average molecular weight is 184 g/mol. The monoisotopic (exact) mass is 184 g/mol. The first-order chi connectivity index (χ1) is 6.19. The summed E-state index contributed by atoms with van der Waals surface area (Å²) in [6.07, 6.45) is 3.22. The highest BCUT2D eigenvalue weighted by atomic mass is 16.5. The van der Waals surface area contributed by atoms with Gasteiger partial charge in [-0.15, -0.1) is 0 Å². The second-order valence-corrected chi connectivity index (χ2v) is 3.60. The zero-order chi connectivity index (χ0) is 9.84. The van der Waals surface area contributed by atoms with Gasteiger partial charge in [0.05, 0.1) is 7.11 Å². The van der Waals surface area contributed by atoms with Crippen molar-refractivity contribution in [1.82, 2.24) is 0 Å². The molecule has 74 valence electrons. The Balaban J connectivity index is 2.53. The maximum atomic E-state index is 11.5. The van der Waals surface area contributed by atoms with Crippen molar-refractivity contribution >= 4 is 11.8 Å². The third-order valence-electron chi connectivity index (χ3n) is 2.81. The quantitative estimate of drug-likeness (QED) is 0.483. The molecule has 1 saturated carbocycles. The predicted molar refractivity (Wildman–Crippen MR) is 48.1 cm³/mol. The number of Topliss-reactive ketones (excluding diaryl/α,β-unsaturated/α-hetero) is 1. The molecule has 1 aliphatic rings. The number of ether oxygens (including phenoxy) is 1. The van der Waals surface area contributed by atoms with Gasteiger partial charge in [-0.1, -0.05) is 13.3 Å². The van der Waals surface area contributed by atoms with Crippen LogP contribution in [0, 0.1) is 11.8 Å². The maximum absolute atomic E-state index is 11.5. The standard InChI is InChI=1S/C10H16O3/c1-3-7-4-5-8(9(11)6-7)10(12)13-2/h7-8H,3-6H2,1-2H3/t7-,8?/m0/s1. The molecule has 1 rings (SSSR count). The predicted octanol–water partition coefficient (Wildman–Crippen LogP) is 1.55. The molecule has 0 aliphatic heterocycles. The van der Waals surface area contributed by atoms with E-state index in [9.17, 15) is 9.59 Å². The highest BCUT2D eigenvalue weighted by Crippen LogP contribution is 2.28. The van der Waals surface area contributed by atoms with Gasteiger partial charge in [-0.2, -0.15) is 0 Å². The topological polar surface area (TPSA) is 43.4 Å². The molecule has 3 nitrogen and oxygen atoms in total. The fourth-order valence-electron chi connectivity index (χ4n) is 1.83. The summed E-state index contributed by atoms with van der Waals surface area (Å²) in [7, 11) is 1.33. The van der Waals surface area contributed by atoms with E-state index in [1.54, 1.807) is 0 Å². The lowest BCUT2D eigenvalue weighted by Crippen LogP contribution is -2.31. The van der Waals surface area contributed by atoms with Gasteiger partial charge in [-0.25, -0.2) is 0 Å². The van der Waals surface area contributed by atoms with E-state index < -0.39 is 5.92 Å². The molecule has 0 amide bonds. The zero-order valence-electron chi connectivity index (χ0n) is 8.21. The van der Waals surface area contributed by atoms with E-state index in [0.717, 1.165) is 12.8 Å². The Bertz CT molecular complexity index is 210. The van der Waals surface area contributed by atoms with E-state index in [1.165, 1.54) is 7.11 Å². The van der Waals surface area contributed by atoms with Crippen molar-refractivity contribution in [1.29, 1.82) is 0 Å². The van der Waals surface area contributed by atoms with Crippen LogP contribution >= 0.6 is 0 Å². The number of methoxy groups -OCH3 is 1. The number of carbonyl (C=O) groups excluding carboxylic acids is 2. The van der Waals surface area contributed by atoms with Crippen LogP contribution in [-0.2, 0) is 14.3 Å². The summed E-state index contributed by atoms with van der Waals surface area (Å²) >= 11 is 0. The van der Waals surface area contributed by atoms with Gasteiger partial charge in [-0.3, -0.25) is 9.59 Å². The Labute approximate surface area is 78.5 Å². The van der Waals surface area contributed by atoms with E-state index >= 15 is 0 Å². The molecule has 0 heterocycles. The molecule has 0 N–H and O–H groups in total. The molecule has 0 aromatic carbocycles. The maximum Gasteiger partial charge on any atom is 0.316 e. The molecule has 0 saturated heterocycles. The molecule has 0 bridgehead atoms. The second kappa shape index (κ2) is 4.40. The van der Waals surface area contributed by atoms with Crippen LogP contribution in [0.15, 0.2) is 0 Å². The zero-order valence-corrected chi connectivity index (χ0v) is 8.21. The highest BCUT2D eigenvalue weighted by Gasteiger charge is 2.33. The summed E-state index contributed by atoms with van der Waals surface area (Å²) in [6.45, 7) is 2.08. The number of hydrogen-bond acceptors (Lipinski definition) is 3. The van der Waals surface area contributed by atoms with E-state index in [2.05, 4.69) is 11.7 Å². The van der Waals surface area contributed by atoms with Crippen molar-refractivity contribution in [3.05, 3.63) is 0 Å². The van der Waals surface area contributed by atoms with Crippen molar-refractivity contribution in [2.75, 3.05) is 7.11 Å². The van der Waals surface area contributed by atoms with Gasteiger partial charge in [0.1, 0.15) is 11.7 Å². The summed E-state index contributed by atoms with van der Waals surface area (Å²) in [5.74, 6) is -0.300. The molecule has 1 unspecified atom stereocenters. The Morgan fingerprint density at radius 1 is 1.54 bits per heavy atom. The molecule has 0 radical (unpaired) electrons. The van der Waals surface area contributed by atoms with Gasteiger partial charge in [0.2, 0.25) is 0 Å². The van der Waals surface area contributed by atoms with E-state index in [1.807, 2.05) is 0 Å². The normalized spacial score (nSPS) is 28.6. The van der Waals surface area contributed by atoms with Crippen LogP contribution < -0.4 is 0 Å². The third kappa shape index (κ3) is 2.29. The lowest BCUT2D eigenvalue weighted by Gasteiger charge is -2.24. The molecule has 1 aliphatic carbocycles. The molecule has 0 aromatic rings. The number of rotatable bonds is 2. The SMILES string of the molecule is CC[C@H]1CCC(C(=O)OC)C(=O)C1. The van der Waals surface area contributed by atoms with Crippen LogP contribution in [-0.4, -0.2) is 18.9 Å². The first-order valence-electron chi connectivity index (χ1n) is 4.79. The molecule has 1 fully saturated rings. The minimum Gasteiger partial charge on any atom is -0.468 e. The summed E-state index contributed by atoms with van der Waals surface area (Å²) < 4.78 is 4.57. The molecule has 0 spiro atoms. The van der Waals surface area contributed by atoms with E-state index in [-0.39, 0.29) is 11.8 Å². The molecular weight excluding hydrogens is 168 g/mol. The fourth-order valence-corrected chi connectivity index (χ4v) is 1.83. The van der Waals surface area contributed by atoms with Crippen LogP contribution in [0.2, 0.25) is 0 Å². The molecule has 3 heteroatoms. The number of hydrogen-bond donors (Lipinski definition) is 0. The van der Waals surface area contributed by atoms with Crippen molar-refractivity contribution in [3.8, 4) is 0 Å². The molecular formula is C10H16O3. The van der Waals surface area contributed by atoms with Gasteiger partial charge in [0, 0.05) is 6.42 Å². The highest BCUT2D eigenvalue weighted by molar-refractivity contribution is 5.99. The first-order valence-corrected chi connectivity index (χ1v) is 4.79. The minimum atomic E-state index is -0.479. The Morgan fingerprint density at radius 2 is 2.23 bits per heavy atom. The minimum absolute atomic E-state index is 0.0601. The lowest BCUT2D eigenvalue weighted by molar-refractivity contribution is -0.151. The summed E-state index contributed by atoms with van der Waals surface area (Å²) in [4.78, 5) is 22.6. The first kappa shape index (κ1) is 10.2. The van der Waals surface area contributed by atoms with E-state index in [0.29, 0.717) is 18.8 Å². The smallest absolute Gasteiger partial charge is 0.316 e. The number of esters is 1.